The van der Waals surface area contributed by atoms with Gasteiger partial charge in [-0.3, -0.25) is 0 Å². The van der Waals surface area contributed by atoms with E-state index in [0.29, 0.717) is 37.3 Å². The van der Waals surface area contributed by atoms with Crippen LogP contribution in [0.3, 0.4) is 0 Å². The van der Waals surface area contributed by atoms with Gasteiger partial charge in [-0.05, 0) is 6.07 Å². The van der Waals surface area contributed by atoms with Crippen molar-refractivity contribution in [2.24, 2.45) is 0 Å². The van der Waals surface area contributed by atoms with Gasteiger partial charge in [-0.15, -0.1) is 11.3 Å². The van der Waals surface area contributed by atoms with Gasteiger partial charge in [0.15, 0.2) is 10.8 Å². The average Bonchev–Trinajstić information content (AvgIpc) is 2.98. The van der Waals surface area contributed by atoms with E-state index in [1.54, 1.807) is 18.5 Å². The van der Waals surface area contributed by atoms with Crippen LogP contribution in [0.15, 0.2) is 23.8 Å². The molecular weight excluding hydrogens is 303 g/mol. The largest absolute Gasteiger partial charge is 0.434 e. The van der Waals surface area contributed by atoms with Gasteiger partial charge in [-0.1, -0.05) is 0 Å². The second kappa shape index (κ2) is 5.47. The third kappa shape index (κ3) is 3.07. The Balaban J connectivity index is 1.65. The third-order valence-corrected chi connectivity index (χ3v) is 4.07. The smallest absolute Gasteiger partial charge is 0.345 e. The molecule has 0 bridgehead atoms. The lowest BCUT2D eigenvalue weighted by Crippen LogP contribution is -2.47. The highest BCUT2D eigenvalue weighted by molar-refractivity contribution is 7.13. The molecule has 112 valence electrons. The summed E-state index contributed by atoms with van der Waals surface area (Å²) in [6, 6.07) is 1.74. The first kappa shape index (κ1) is 14.1. The maximum atomic E-state index is 12.6. The molecule has 0 unspecified atom stereocenters. The van der Waals surface area contributed by atoms with E-state index in [1.807, 2.05) is 9.80 Å². The highest BCUT2D eigenvalue weighted by Gasteiger charge is 2.34. The number of aromatic nitrogens is 3. The molecule has 2 aromatic rings. The van der Waals surface area contributed by atoms with Crippen LogP contribution in [0.5, 0.6) is 0 Å². The van der Waals surface area contributed by atoms with Crippen molar-refractivity contribution in [3.8, 4) is 0 Å². The predicted octanol–water partition coefficient (Wildman–Crippen LogP) is 2.28. The van der Waals surface area contributed by atoms with Crippen molar-refractivity contribution in [1.82, 2.24) is 15.0 Å². The number of hydrogen-bond donors (Lipinski definition) is 0. The monoisotopic (exact) mass is 315 g/mol. The number of piperazine rings is 1. The highest BCUT2D eigenvalue weighted by atomic mass is 32.1. The second-order valence-corrected chi connectivity index (χ2v) is 5.37. The van der Waals surface area contributed by atoms with E-state index in [2.05, 4.69) is 15.0 Å². The number of nitrogens with zero attached hydrogens (tertiary/aromatic N) is 5. The normalized spacial score (nSPS) is 16.3. The summed E-state index contributed by atoms with van der Waals surface area (Å²) >= 11 is 1.03. The van der Waals surface area contributed by atoms with Crippen molar-refractivity contribution in [1.29, 1.82) is 0 Å². The van der Waals surface area contributed by atoms with Crippen molar-refractivity contribution < 1.29 is 13.2 Å². The van der Waals surface area contributed by atoms with Gasteiger partial charge in [-0.25, -0.2) is 15.0 Å². The van der Waals surface area contributed by atoms with Crippen LogP contribution < -0.4 is 9.80 Å². The summed E-state index contributed by atoms with van der Waals surface area (Å²) in [6.45, 7) is 2.52. The standard InChI is InChI=1S/C12H12F3N5S/c13-12(14,15)9-8-21-11(18-9)20-6-4-19(5-7-20)10-16-2-1-3-17-10/h1-3,8H,4-7H2. The van der Waals surface area contributed by atoms with Crippen molar-refractivity contribution in [2.75, 3.05) is 36.0 Å². The van der Waals surface area contributed by atoms with Crippen LogP contribution in [0.2, 0.25) is 0 Å². The van der Waals surface area contributed by atoms with E-state index in [0.717, 1.165) is 16.7 Å². The molecule has 0 saturated carbocycles. The molecule has 3 heterocycles. The molecule has 21 heavy (non-hydrogen) atoms. The van der Waals surface area contributed by atoms with Crippen LogP contribution in [-0.4, -0.2) is 41.1 Å². The van der Waals surface area contributed by atoms with Gasteiger partial charge in [-0.2, -0.15) is 13.2 Å². The van der Waals surface area contributed by atoms with Crippen molar-refractivity contribution in [3.05, 3.63) is 29.5 Å². The Morgan fingerprint density at radius 3 is 2.19 bits per heavy atom. The molecule has 1 fully saturated rings. The van der Waals surface area contributed by atoms with Crippen LogP contribution in [0, 0.1) is 0 Å². The number of thiazole rings is 1. The molecule has 9 heteroatoms. The number of alkyl halides is 3. The number of rotatable bonds is 2. The van der Waals surface area contributed by atoms with Gasteiger partial charge in [0.05, 0.1) is 0 Å². The Morgan fingerprint density at radius 2 is 1.62 bits per heavy atom. The van der Waals surface area contributed by atoms with E-state index in [9.17, 15) is 13.2 Å². The number of halogens is 3. The molecule has 1 aliphatic heterocycles. The first-order valence-electron chi connectivity index (χ1n) is 6.34. The molecule has 0 N–H and O–H groups in total. The summed E-state index contributed by atoms with van der Waals surface area (Å²) in [7, 11) is 0. The lowest BCUT2D eigenvalue weighted by Gasteiger charge is -2.34. The zero-order chi connectivity index (χ0) is 14.9. The third-order valence-electron chi connectivity index (χ3n) is 3.17. The average molecular weight is 315 g/mol. The van der Waals surface area contributed by atoms with Crippen molar-refractivity contribution in [2.45, 2.75) is 6.18 Å². The number of hydrogen-bond acceptors (Lipinski definition) is 6. The van der Waals surface area contributed by atoms with Crippen LogP contribution in [0.1, 0.15) is 5.69 Å². The van der Waals surface area contributed by atoms with E-state index in [4.69, 9.17) is 0 Å². The summed E-state index contributed by atoms with van der Waals surface area (Å²) in [4.78, 5) is 15.9. The van der Waals surface area contributed by atoms with Gasteiger partial charge in [0.2, 0.25) is 5.95 Å². The predicted molar refractivity (Wildman–Crippen MR) is 73.6 cm³/mol. The fraction of sp³-hybridized carbons (Fsp3) is 0.417. The van der Waals surface area contributed by atoms with E-state index in [-0.39, 0.29) is 0 Å². The summed E-state index contributed by atoms with van der Waals surface area (Å²) in [5.41, 5.74) is -0.823. The molecule has 0 amide bonds. The van der Waals surface area contributed by atoms with Gasteiger partial charge in [0.1, 0.15) is 0 Å². The first-order chi connectivity index (χ1) is 10.0. The Kier molecular flexibility index (Phi) is 3.66. The van der Waals surface area contributed by atoms with Crippen LogP contribution in [-0.2, 0) is 6.18 Å². The first-order valence-corrected chi connectivity index (χ1v) is 7.21. The maximum Gasteiger partial charge on any atom is 0.434 e. The Labute approximate surface area is 123 Å². The molecule has 1 aliphatic rings. The minimum Gasteiger partial charge on any atom is -0.345 e. The molecule has 3 rings (SSSR count). The molecule has 0 atom stereocenters. The molecular formula is C12H12F3N5S. The summed E-state index contributed by atoms with van der Waals surface area (Å²) in [5, 5.41) is 1.47. The maximum absolute atomic E-state index is 12.6. The summed E-state index contributed by atoms with van der Waals surface area (Å²) in [6.07, 6.45) is -1.04. The topological polar surface area (TPSA) is 45.2 Å². The Morgan fingerprint density at radius 1 is 1.00 bits per heavy atom. The van der Waals surface area contributed by atoms with Crippen molar-refractivity contribution in [3.63, 3.8) is 0 Å². The van der Waals surface area contributed by atoms with E-state index in [1.165, 1.54) is 0 Å². The van der Waals surface area contributed by atoms with E-state index >= 15 is 0 Å². The Bertz CT molecular complexity index is 592. The lowest BCUT2D eigenvalue weighted by molar-refractivity contribution is -0.140. The van der Waals surface area contributed by atoms with E-state index < -0.39 is 11.9 Å². The zero-order valence-electron chi connectivity index (χ0n) is 10.9. The fourth-order valence-corrected chi connectivity index (χ4v) is 2.98. The molecule has 0 aliphatic carbocycles. The minimum atomic E-state index is -4.38. The van der Waals surface area contributed by atoms with Crippen LogP contribution in [0.4, 0.5) is 24.3 Å². The van der Waals surface area contributed by atoms with Crippen molar-refractivity contribution >= 4 is 22.4 Å². The van der Waals surface area contributed by atoms with Crippen LogP contribution >= 0.6 is 11.3 Å². The van der Waals surface area contributed by atoms with Gasteiger partial charge in [0, 0.05) is 44.0 Å². The molecule has 0 aromatic carbocycles. The van der Waals surface area contributed by atoms with Gasteiger partial charge < -0.3 is 9.80 Å². The highest BCUT2D eigenvalue weighted by Crippen LogP contribution is 2.33. The van der Waals surface area contributed by atoms with Gasteiger partial charge >= 0.3 is 6.18 Å². The molecule has 2 aromatic heterocycles. The van der Waals surface area contributed by atoms with Crippen LogP contribution in [0.25, 0.3) is 0 Å². The molecule has 0 spiro atoms. The zero-order valence-corrected chi connectivity index (χ0v) is 11.7. The summed E-state index contributed by atoms with van der Waals surface area (Å²) in [5.74, 6) is 0.646. The minimum absolute atomic E-state index is 0.413. The molecule has 5 nitrogen and oxygen atoms in total. The number of anilines is 2. The molecule has 0 radical (unpaired) electrons. The fourth-order valence-electron chi connectivity index (χ4n) is 2.09. The lowest BCUT2D eigenvalue weighted by atomic mass is 10.3. The second-order valence-electron chi connectivity index (χ2n) is 4.54. The quantitative estimate of drug-likeness (QED) is 0.851. The summed E-state index contributed by atoms with van der Waals surface area (Å²) < 4.78 is 37.7. The SMILES string of the molecule is FC(F)(F)c1csc(N2CCN(c3ncccn3)CC2)n1. The van der Waals surface area contributed by atoms with Gasteiger partial charge in [0.25, 0.3) is 0 Å². The molecule has 1 saturated heterocycles. The Hall–Kier alpha value is -1.90.